The van der Waals surface area contributed by atoms with Crippen LogP contribution in [-0.2, 0) is 0 Å². The summed E-state index contributed by atoms with van der Waals surface area (Å²) in [6.07, 6.45) is 0. The van der Waals surface area contributed by atoms with E-state index in [0.717, 1.165) is 0 Å². The third kappa shape index (κ3) is 3.48. The molecule has 0 saturated carbocycles. The average molecular weight is 429 g/mol. The molecule has 0 aliphatic heterocycles. The Morgan fingerprint density at radius 1 is 0.750 bits per heavy atom. The summed E-state index contributed by atoms with van der Waals surface area (Å²) in [7, 11) is 0. The van der Waals surface area contributed by atoms with Crippen LogP contribution in [0.4, 0.5) is 0 Å². The van der Waals surface area contributed by atoms with E-state index in [2.05, 4.69) is 67.6 Å². The van der Waals surface area contributed by atoms with E-state index in [0.29, 0.717) is 0 Å². The number of benzene rings is 2. The van der Waals surface area contributed by atoms with E-state index < -0.39 is 19.8 Å². The van der Waals surface area contributed by atoms with Crippen molar-refractivity contribution in [3.8, 4) is 0 Å². The first-order valence-electron chi connectivity index (χ1n) is 5.38. The number of halogens is 1. The van der Waals surface area contributed by atoms with Gasteiger partial charge in [-0.25, -0.2) is 0 Å². The summed E-state index contributed by atoms with van der Waals surface area (Å²) in [5.41, 5.74) is 0. The zero-order valence-corrected chi connectivity index (χ0v) is 14.4. The maximum Gasteiger partial charge on any atom is -1.00 e. The van der Waals surface area contributed by atoms with Gasteiger partial charge < -0.3 is 24.0 Å². The van der Waals surface area contributed by atoms with Gasteiger partial charge in [-0.1, -0.05) is 0 Å². The average Bonchev–Trinajstić information content (AvgIpc) is 2.33. The van der Waals surface area contributed by atoms with Crippen molar-refractivity contribution < 1.29 is 24.0 Å². The Labute approximate surface area is 122 Å². The quantitative estimate of drug-likeness (QED) is 0.449. The van der Waals surface area contributed by atoms with E-state index in [9.17, 15) is 0 Å². The molecule has 0 nitrogen and oxygen atoms in total. The van der Waals surface area contributed by atoms with Gasteiger partial charge in [0.1, 0.15) is 0 Å². The molecule has 0 N–H and O–H groups in total. The van der Waals surface area contributed by atoms with Gasteiger partial charge in [0.2, 0.25) is 0 Å². The van der Waals surface area contributed by atoms with Crippen LogP contribution in [0, 0.1) is 0 Å². The summed E-state index contributed by atoms with van der Waals surface area (Å²) in [5.74, 6) is 0. The Balaban J connectivity index is 0.00000128. The first kappa shape index (κ1) is 14.0. The molecule has 2 heteroatoms. The Morgan fingerprint density at radius 2 is 1.12 bits per heavy atom. The topological polar surface area (TPSA) is 0 Å². The molecule has 16 heavy (non-hydrogen) atoms. The molecule has 0 radical (unpaired) electrons. The molecule has 2 aromatic rings. The second-order valence-corrected chi connectivity index (χ2v) is 11.6. The van der Waals surface area contributed by atoms with Gasteiger partial charge in [-0.05, 0) is 0 Å². The maximum absolute atomic E-state index is 2.33. The van der Waals surface area contributed by atoms with Crippen LogP contribution in [0.15, 0.2) is 60.7 Å². The summed E-state index contributed by atoms with van der Waals surface area (Å²) >= 11 is -1.54. The molecule has 0 unspecified atom stereocenters. The van der Waals surface area contributed by atoms with Crippen LogP contribution < -0.4 is 31.1 Å². The fourth-order valence-electron chi connectivity index (χ4n) is 1.85. The molecule has 0 spiro atoms. The molecule has 0 aromatic heterocycles. The van der Waals surface area contributed by atoms with Gasteiger partial charge in [0.25, 0.3) is 0 Å². The van der Waals surface area contributed by atoms with Crippen LogP contribution >= 0.6 is 0 Å². The van der Waals surface area contributed by atoms with E-state index in [1.807, 2.05) is 0 Å². The smallest absolute Gasteiger partial charge is 1.00 e. The molecule has 0 saturated heterocycles. The van der Waals surface area contributed by atoms with Crippen LogP contribution in [0.5, 0.6) is 0 Å². The van der Waals surface area contributed by atoms with Crippen molar-refractivity contribution in [1.29, 1.82) is 0 Å². The van der Waals surface area contributed by atoms with Gasteiger partial charge in [-0.2, -0.15) is 0 Å². The number of rotatable bonds is 3. The molecular weight excluding hydrogens is 414 g/mol. The van der Waals surface area contributed by atoms with E-state index >= 15 is 0 Å². The summed E-state index contributed by atoms with van der Waals surface area (Å²) in [6.45, 7) is 2.33. The maximum atomic E-state index is 2.33. The van der Waals surface area contributed by atoms with Crippen LogP contribution in [0.1, 0.15) is 6.92 Å². The zero-order chi connectivity index (χ0) is 10.5. The van der Waals surface area contributed by atoms with Crippen LogP contribution in [0.3, 0.4) is 0 Å². The van der Waals surface area contributed by atoms with Gasteiger partial charge in [0, 0.05) is 0 Å². The predicted octanol–water partition coefficient (Wildman–Crippen LogP) is -0.680. The van der Waals surface area contributed by atoms with E-state index in [-0.39, 0.29) is 24.0 Å². The van der Waals surface area contributed by atoms with Crippen molar-refractivity contribution >= 4 is 26.9 Å². The SMILES string of the molecule is C[CH2][Sn+]([c]1ccccc1)[c]1ccccc1.[I-]. The Bertz CT molecular complexity index is 360. The largest absolute Gasteiger partial charge is 1.00 e. The predicted molar refractivity (Wildman–Crippen MR) is 68.4 cm³/mol. The van der Waals surface area contributed by atoms with Crippen LogP contribution in [-0.4, -0.2) is 19.8 Å². The van der Waals surface area contributed by atoms with Gasteiger partial charge in [0.05, 0.1) is 0 Å². The zero-order valence-electron chi connectivity index (χ0n) is 9.36. The molecule has 0 amide bonds. The molecule has 2 aromatic carbocycles. The van der Waals surface area contributed by atoms with Crippen molar-refractivity contribution in [2.75, 3.05) is 0 Å². The second kappa shape index (κ2) is 7.32. The van der Waals surface area contributed by atoms with Gasteiger partial charge in [-0.3, -0.25) is 0 Å². The molecule has 0 bridgehead atoms. The third-order valence-corrected chi connectivity index (χ3v) is 10.5. The standard InChI is InChI=1S/2C6H5.C2H5.HI.Sn/c2*1-2-4-6-5-3-1;1-2;;/h2*1-5H;1H2,2H3;1H;/q;;;;+1/p-1. The Morgan fingerprint density at radius 3 is 1.44 bits per heavy atom. The molecule has 82 valence electrons. The van der Waals surface area contributed by atoms with Crippen molar-refractivity contribution in [3.05, 3.63) is 60.7 Å². The summed E-state index contributed by atoms with van der Waals surface area (Å²) in [4.78, 5) is 0. The number of hydrogen-bond donors (Lipinski definition) is 0. The summed E-state index contributed by atoms with van der Waals surface area (Å²) in [6, 6.07) is 22.0. The van der Waals surface area contributed by atoms with E-state index in [4.69, 9.17) is 0 Å². The minimum atomic E-state index is -1.54. The normalized spacial score (nSPS) is 9.31. The Kier molecular flexibility index (Phi) is 6.42. The Hall–Kier alpha value is -0.0313. The molecule has 0 atom stereocenters. The van der Waals surface area contributed by atoms with Crippen molar-refractivity contribution in [2.24, 2.45) is 0 Å². The first-order valence-corrected chi connectivity index (χ1v) is 10.3. The van der Waals surface area contributed by atoms with Crippen LogP contribution in [0.2, 0.25) is 4.44 Å². The fraction of sp³-hybridized carbons (Fsp3) is 0.143. The minimum Gasteiger partial charge on any atom is -1.00 e. The molecule has 0 fully saturated rings. The minimum absolute atomic E-state index is 0. The van der Waals surface area contributed by atoms with Crippen LogP contribution in [0.25, 0.3) is 0 Å². The number of hydrogen-bond acceptors (Lipinski definition) is 0. The molecule has 2 rings (SSSR count). The van der Waals surface area contributed by atoms with Crippen molar-refractivity contribution in [2.45, 2.75) is 11.4 Å². The summed E-state index contributed by atoms with van der Waals surface area (Å²) in [5, 5.41) is 0. The van der Waals surface area contributed by atoms with Gasteiger partial charge in [-0.15, -0.1) is 0 Å². The molecule has 0 aliphatic carbocycles. The van der Waals surface area contributed by atoms with Crippen molar-refractivity contribution in [1.82, 2.24) is 0 Å². The molecular formula is C14H15ISn. The monoisotopic (exact) mass is 430 g/mol. The second-order valence-electron chi connectivity index (χ2n) is 3.56. The third-order valence-electron chi connectivity index (χ3n) is 2.60. The van der Waals surface area contributed by atoms with Crippen molar-refractivity contribution in [3.63, 3.8) is 0 Å². The molecule has 0 heterocycles. The molecule has 0 aliphatic rings. The summed E-state index contributed by atoms with van der Waals surface area (Å²) < 4.78 is 4.55. The first-order chi connectivity index (χ1) is 7.42. The van der Waals surface area contributed by atoms with Gasteiger partial charge >= 0.3 is 98.9 Å². The fourth-order valence-corrected chi connectivity index (χ4v) is 8.53. The van der Waals surface area contributed by atoms with Gasteiger partial charge in [0.15, 0.2) is 0 Å². The van der Waals surface area contributed by atoms with E-state index in [1.54, 1.807) is 7.16 Å². The van der Waals surface area contributed by atoms with E-state index in [1.165, 1.54) is 4.44 Å².